The Morgan fingerprint density at radius 1 is 1.11 bits per heavy atom. The maximum Gasteiger partial charge on any atom is 0.416 e. The van der Waals surface area contributed by atoms with Gasteiger partial charge in [-0.2, -0.15) is 13.2 Å². The summed E-state index contributed by atoms with van der Waals surface area (Å²) in [7, 11) is 0. The lowest BCUT2D eigenvalue weighted by molar-refractivity contribution is -0.137. The molecule has 28 heavy (non-hydrogen) atoms. The van der Waals surface area contributed by atoms with Gasteiger partial charge in [0.2, 0.25) is 0 Å². The first-order valence-electron chi connectivity index (χ1n) is 9.34. The Morgan fingerprint density at radius 2 is 1.79 bits per heavy atom. The molecule has 1 aliphatic heterocycles. The summed E-state index contributed by atoms with van der Waals surface area (Å²) in [6.07, 6.45) is -1.62. The Bertz CT molecular complexity index is 813. The number of alkyl halides is 3. The van der Waals surface area contributed by atoms with Crippen LogP contribution in [-0.4, -0.2) is 25.6 Å². The Labute approximate surface area is 162 Å². The molecular weight excluding hydrogens is 369 g/mol. The topological polar surface area (TPSA) is 41.6 Å². The van der Waals surface area contributed by atoms with Crippen molar-refractivity contribution in [3.63, 3.8) is 0 Å². The van der Waals surface area contributed by atoms with Crippen molar-refractivity contribution in [1.29, 1.82) is 0 Å². The fourth-order valence-electron chi connectivity index (χ4n) is 3.20. The van der Waals surface area contributed by atoms with Crippen LogP contribution in [-0.2, 0) is 17.4 Å². The molecule has 0 radical (unpaired) electrons. The first kappa shape index (κ1) is 20.0. The second-order valence-corrected chi connectivity index (χ2v) is 6.76. The van der Waals surface area contributed by atoms with E-state index in [-0.39, 0.29) is 12.3 Å². The maximum atomic E-state index is 13.1. The van der Waals surface area contributed by atoms with Crippen LogP contribution in [0.2, 0.25) is 0 Å². The number of halogens is 3. The highest BCUT2D eigenvalue weighted by molar-refractivity contribution is 5.95. The molecule has 1 amide bonds. The summed E-state index contributed by atoms with van der Waals surface area (Å²) in [6, 6.07) is 10.8. The fourth-order valence-corrected chi connectivity index (χ4v) is 3.20. The van der Waals surface area contributed by atoms with Gasteiger partial charge in [0.05, 0.1) is 16.9 Å². The van der Waals surface area contributed by atoms with Gasteiger partial charge in [0, 0.05) is 13.1 Å². The van der Waals surface area contributed by atoms with Crippen molar-refractivity contribution < 1.29 is 22.7 Å². The molecule has 0 aliphatic carbocycles. The van der Waals surface area contributed by atoms with E-state index in [1.807, 2.05) is 24.0 Å². The molecule has 4 nitrogen and oxygen atoms in total. The summed E-state index contributed by atoms with van der Waals surface area (Å²) in [6.45, 7) is 3.28. The van der Waals surface area contributed by atoms with Crippen LogP contribution < -0.4 is 15.0 Å². The molecule has 2 aromatic rings. The first-order valence-corrected chi connectivity index (χ1v) is 9.34. The number of carbonyl (C=O) groups excluding carboxylic acids is 1. The SMILES string of the molecule is CCc1ccc(OCC(=O)Nc2cc(C(F)(F)F)ccc2N2CCCC2)cc1. The average Bonchev–Trinajstić information content (AvgIpc) is 3.20. The van der Waals surface area contributed by atoms with Crippen molar-refractivity contribution in [3.8, 4) is 5.75 Å². The van der Waals surface area contributed by atoms with Gasteiger partial charge < -0.3 is 15.0 Å². The van der Waals surface area contributed by atoms with Crippen LogP contribution >= 0.6 is 0 Å². The lowest BCUT2D eigenvalue weighted by atomic mass is 10.1. The van der Waals surface area contributed by atoms with Gasteiger partial charge in [-0.1, -0.05) is 19.1 Å². The van der Waals surface area contributed by atoms with E-state index in [0.717, 1.165) is 50.0 Å². The van der Waals surface area contributed by atoms with Gasteiger partial charge in [-0.15, -0.1) is 0 Å². The molecule has 1 saturated heterocycles. The van der Waals surface area contributed by atoms with Crippen molar-refractivity contribution in [3.05, 3.63) is 53.6 Å². The van der Waals surface area contributed by atoms with Crippen molar-refractivity contribution in [2.45, 2.75) is 32.4 Å². The molecular formula is C21H23F3N2O2. The van der Waals surface area contributed by atoms with Crippen molar-refractivity contribution in [2.75, 3.05) is 29.9 Å². The number of benzene rings is 2. The van der Waals surface area contributed by atoms with Gasteiger partial charge in [0.15, 0.2) is 6.61 Å². The number of nitrogens with one attached hydrogen (secondary N) is 1. The van der Waals surface area contributed by atoms with E-state index < -0.39 is 17.6 Å². The highest BCUT2D eigenvalue weighted by Crippen LogP contribution is 2.36. The number of nitrogens with zero attached hydrogens (tertiary/aromatic N) is 1. The van der Waals surface area contributed by atoms with E-state index in [2.05, 4.69) is 5.32 Å². The van der Waals surface area contributed by atoms with E-state index >= 15 is 0 Å². The molecule has 1 heterocycles. The standard InChI is InChI=1S/C21H23F3N2O2/c1-2-15-5-8-17(9-6-15)28-14-20(27)25-18-13-16(21(22,23)24)7-10-19(18)26-11-3-4-12-26/h5-10,13H,2-4,11-12,14H2,1H3,(H,25,27). The minimum absolute atomic E-state index is 0.159. The number of carbonyl (C=O) groups is 1. The zero-order valence-corrected chi connectivity index (χ0v) is 15.7. The predicted molar refractivity (Wildman–Crippen MR) is 103 cm³/mol. The molecule has 0 unspecified atom stereocenters. The van der Waals surface area contributed by atoms with E-state index in [1.54, 1.807) is 12.1 Å². The second kappa shape index (κ2) is 8.54. The summed E-state index contributed by atoms with van der Waals surface area (Å²) in [5.74, 6) is 0.0375. The third kappa shape index (κ3) is 4.97. The summed E-state index contributed by atoms with van der Waals surface area (Å²) in [5, 5.41) is 2.59. The molecule has 0 saturated carbocycles. The summed E-state index contributed by atoms with van der Waals surface area (Å²) in [4.78, 5) is 14.3. The molecule has 7 heteroatoms. The molecule has 150 valence electrons. The summed E-state index contributed by atoms with van der Waals surface area (Å²) >= 11 is 0. The monoisotopic (exact) mass is 392 g/mol. The Morgan fingerprint density at radius 3 is 2.39 bits per heavy atom. The molecule has 0 aromatic heterocycles. The minimum atomic E-state index is -4.47. The summed E-state index contributed by atoms with van der Waals surface area (Å²) in [5.41, 5.74) is 1.12. The molecule has 1 N–H and O–H groups in total. The van der Waals surface area contributed by atoms with Crippen LogP contribution in [0.4, 0.5) is 24.5 Å². The molecule has 0 bridgehead atoms. The van der Waals surface area contributed by atoms with E-state index in [9.17, 15) is 18.0 Å². The number of aryl methyl sites for hydroxylation is 1. The van der Waals surface area contributed by atoms with Gasteiger partial charge in [0.1, 0.15) is 5.75 Å². The molecule has 3 rings (SSSR count). The number of hydrogen-bond donors (Lipinski definition) is 1. The molecule has 1 fully saturated rings. The van der Waals surface area contributed by atoms with Gasteiger partial charge in [0.25, 0.3) is 5.91 Å². The van der Waals surface area contributed by atoms with Crippen LogP contribution in [0, 0.1) is 0 Å². The maximum absolute atomic E-state index is 13.1. The first-order chi connectivity index (χ1) is 13.4. The Kier molecular flexibility index (Phi) is 6.11. The third-order valence-electron chi connectivity index (χ3n) is 4.75. The van der Waals surface area contributed by atoms with E-state index in [4.69, 9.17) is 4.74 Å². The summed E-state index contributed by atoms with van der Waals surface area (Å²) < 4.78 is 44.7. The van der Waals surface area contributed by atoms with Crippen molar-refractivity contribution in [1.82, 2.24) is 0 Å². The van der Waals surface area contributed by atoms with Crippen LogP contribution in [0.25, 0.3) is 0 Å². The number of ether oxygens (including phenoxy) is 1. The average molecular weight is 392 g/mol. The van der Waals surface area contributed by atoms with Crippen LogP contribution in [0.3, 0.4) is 0 Å². The fraction of sp³-hybridized carbons (Fsp3) is 0.381. The van der Waals surface area contributed by atoms with E-state index in [0.29, 0.717) is 11.4 Å². The molecule has 0 spiro atoms. The van der Waals surface area contributed by atoms with Gasteiger partial charge in [-0.05, 0) is 55.2 Å². The van der Waals surface area contributed by atoms with Crippen LogP contribution in [0.15, 0.2) is 42.5 Å². The van der Waals surface area contributed by atoms with Gasteiger partial charge >= 0.3 is 6.18 Å². The van der Waals surface area contributed by atoms with Crippen molar-refractivity contribution >= 4 is 17.3 Å². The zero-order chi connectivity index (χ0) is 20.1. The Hall–Kier alpha value is -2.70. The predicted octanol–water partition coefficient (Wildman–Crippen LogP) is 4.89. The number of amides is 1. The van der Waals surface area contributed by atoms with Gasteiger partial charge in [-0.3, -0.25) is 4.79 Å². The number of hydrogen-bond acceptors (Lipinski definition) is 3. The molecule has 1 aliphatic rings. The smallest absolute Gasteiger partial charge is 0.416 e. The lowest BCUT2D eigenvalue weighted by Crippen LogP contribution is -2.24. The normalized spacial score (nSPS) is 14.2. The van der Waals surface area contributed by atoms with Crippen molar-refractivity contribution in [2.24, 2.45) is 0 Å². The lowest BCUT2D eigenvalue weighted by Gasteiger charge is -2.23. The largest absolute Gasteiger partial charge is 0.484 e. The molecule has 2 aromatic carbocycles. The number of anilines is 2. The minimum Gasteiger partial charge on any atom is -0.484 e. The zero-order valence-electron chi connectivity index (χ0n) is 15.7. The van der Waals surface area contributed by atoms with Gasteiger partial charge in [-0.25, -0.2) is 0 Å². The quantitative estimate of drug-likeness (QED) is 0.761. The second-order valence-electron chi connectivity index (χ2n) is 6.76. The Balaban J connectivity index is 1.71. The third-order valence-corrected chi connectivity index (χ3v) is 4.75. The highest BCUT2D eigenvalue weighted by atomic mass is 19.4. The van der Waals surface area contributed by atoms with Crippen LogP contribution in [0.5, 0.6) is 5.75 Å². The molecule has 0 atom stereocenters. The van der Waals surface area contributed by atoms with E-state index in [1.165, 1.54) is 6.07 Å². The highest BCUT2D eigenvalue weighted by Gasteiger charge is 2.32. The number of rotatable bonds is 6. The van der Waals surface area contributed by atoms with Crippen LogP contribution in [0.1, 0.15) is 30.9 Å².